The van der Waals surface area contributed by atoms with Crippen LogP contribution in [0.1, 0.15) is 5.56 Å². The van der Waals surface area contributed by atoms with Gasteiger partial charge < -0.3 is 19.7 Å². The van der Waals surface area contributed by atoms with E-state index in [2.05, 4.69) is 15.3 Å². The molecule has 0 unspecified atom stereocenters. The second kappa shape index (κ2) is 7.39. The SMILES string of the molecule is CN(c1ccccc1)c1ncnc(NCc2ccc3c(c2)OCO3)c1[N+](=O)[O-]. The molecule has 2 heterocycles. The van der Waals surface area contributed by atoms with Gasteiger partial charge in [-0.1, -0.05) is 24.3 Å². The lowest BCUT2D eigenvalue weighted by Crippen LogP contribution is -2.15. The van der Waals surface area contributed by atoms with Crippen LogP contribution < -0.4 is 19.7 Å². The van der Waals surface area contributed by atoms with Crippen molar-refractivity contribution in [2.45, 2.75) is 6.54 Å². The average Bonchev–Trinajstić information content (AvgIpc) is 3.19. The topological polar surface area (TPSA) is 103 Å². The van der Waals surface area contributed by atoms with E-state index in [0.717, 1.165) is 11.3 Å². The lowest BCUT2D eigenvalue weighted by molar-refractivity contribution is -0.383. The Balaban J connectivity index is 1.61. The number of nitro groups is 1. The van der Waals surface area contributed by atoms with Crippen LogP contribution in [0.25, 0.3) is 0 Å². The summed E-state index contributed by atoms with van der Waals surface area (Å²) in [6.45, 7) is 0.530. The number of anilines is 3. The van der Waals surface area contributed by atoms with E-state index in [9.17, 15) is 10.1 Å². The molecule has 1 aliphatic rings. The summed E-state index contributed by atoms with van der Waals surface area (Å²) >= 11 is 0. The van der Waals surface area contributed by atoms with Gasteiger partial charge in [0, 0.05) is 19.3 Å². The largest absolute Gasteiger partial charge is 0.454 e. The molecule has 0 bridgehead atoms. The van der Waals surface area contributed by atoms with E-state index >= 15 is 0 Å². The van der Waals surface area contributed by atoms with Crippen LogP contribution in [0.4, 0.5) is 23.0 Å². The van der Waals surface area contributed by atoms with Crippen LogP contribution in [0, 0.1) is 10.1 Å². The Bertz CT molecular complexity index is 1010. The molecule has 0 fully saturated rings. The van der Waals surface area contributed by atoms with Crippen LogP contribution in [0.15, 0.2) is 54.9 Å². The summed E-state index contributed by atoms with van der Waals surface area (Å²) in [6.07, 6.45) is 1.31. The molecule has 0 spiro atoms. The minimum atomic E-state index is -0.475. The normalized spacial score (nSPS) is 11.9. The zero-order valence-electron chi connectivity index (χ0n) is 15.0. The average molecular weight is 379 g/mol. The van der Waals surface area contributed by atoms with Crippen molar-refractivity contribution in [3.63, 3.8) is 0 Å². The monoisotopic (exact) mass is 379 g/mol. The van der Waals surface area contributed by atoms with Gasteiger partial charge in [0.25, 0.3) is 0 Å². The minimum absolute atomic E-state index is 0.149. The Labute approximate surface area is 160 Å². The number of para-hydroxylation sites is 1. The summed E-state index contributed by atoms with van der Waals surface area (Å²) in [7, 11) is 1.73. The highest BCUT2D eigenvalue weighted by atomic mass is 16.7. The van der Waals surface area contributed by atoms with Crippen molar-refractivity contribution in [2.75, 3.05) is 24.1 Å². The smallest absolute Gasteiger partial charge is 0.353 e. The van der Waals surface area contributed by atoms with Gasteiger partial charge in [0.15, 0.2) is 11.5 Å². The van der Waals surface area contributed by atoms with E-state index in [0.29, 0.717) is 18.0 Å². The molecule has 9 heteroatoms. The fourth-order valence-electron chi connectivity index (χ4n) is 2.92. The molecule has 1 N–H and O–H groups in total. The van der Waals surface area contributed by atoms with Crippen molar-refractivity contribution >= 4 is 23.0 Å². The maximum Gasteiger partial charge on any atom is 0.353 e. The quantitative estimate of drug-likeness (QED) is 0.513. The second-order valence-electron chi connectivity index (χ2n) is 6.09. The molecule has 2 aromatic carbocycles. The summed E-state index contributed by atoms with van der Waals surface area (Å²) in [6, 6.07) is 14.8. The van der Waals surface area contributed by atoms with E-state index in [1.54, 1.807) is 11.9 Å². The predicted molar refractivity (Wildman–Crippen MR) is 103 cm³/mol. The van der Waals surface area contributed by atoms with Crippen molar-refractivity contribution in [1.82, 2.24) is 9.97 Å². The number of aromatic nitrogens is 2. The molecule has 142 valence electrons. The van der Waals surface area contributed by atoms with Crippen molar-refractivity contribution in [1.29, 1.82) is 0 Å². The molecule has 1 aliphatic heterocycles. The van der Waals surface area contributed by atoms with E-state index in [1.807, 2.05) is 48.5 Å². The molecule has 0 saturated carbocycles. The first kappa shape index (κ1) is 17.5. The van der Waals surface area contributed by atoms with Gasteiger partial charge >= 0.3 is 5.69 Å². The standard InChI is InChI=1S/C19H17N5O4/c1-23(14-5-3-2-4-6-14)19-17(24(25)26)18(21-11-22-19)20-10-13-7-8-15-16(9-13)28-12-27-15/h2-9,11H,10,12H2,1H3,(H,20,21,22). The number of hydrogen-bond acceptors (Lipinski definition) is 8. The van der Waals surface area contributed by atoms with Crippen molar-refractivity contribution in [3.05, 3.63) is 70.5 Å². The minimum Gasteiger partial charge on any atom is -0.454 e. The Morgan fingerprint density at radius 2 is 1.93 bits per heavy atom. The molecule has 0 saturated heterocycles. The summed E-state index contributed by atoms with van der Waals surface area (Å²) in [4.78, 5) is 21.2. The van der Waals surface area contributed by atoms with E-state index in [4.69, 9.17) is 9.47 Å². The fourth-order valence-corrected chi connectivity index (χ4v) is 2.92. The number of hydrogen-bond donors (Lipinski definition) is 1. The van der Waals surface area contributed by atoms with E-state index < -0.39 is 4.92 Å². The molecule has 28 heavy (non-hydrogen) atoms. The number of nitrogens with zero attached hydrogens (tertiary/aromatic N) is 4. The van der Waals surface area contributed by atoms with Crippen LogP contribution in [-0.2, 0) is 6.54 Å². The zero-order chi connectivity index (χ0) is 19.5. The van der Waals surface area contributed by atoms with Gasteiger partial charge in [-0.3, -0.25) is 10.1 Å². The Morgan fingerprint density at radius 3 is 2.71 bits per heavy atom. The summed E-state index contributed by atoms with van der Waals surface area (Å²) in [5.41, 5.74) is 1.48. The molecule has 4 rings (SSSR count). The molecule has 3 aromatic rings. The van der Waals surface area contributed by atoms with Gasteiger partial charge in [-0.2, -0.15) is 0 Å². The lowest BCUT2D eigenvalue weighted by Gasteiger charge is -2.18. The summed E-state index contributed by atoms with van der Waals surface area (Å²) in [5.74, 6) is 1.69. The molecule has 0 amide bonds. The van der Waals surface area contributed by atoms with E-state index in [-0.39, 0.29) is 24.1 Å². The molecular formula is C19H17N5O4. The third-order valence-electron chi connectivity index (χ3n) is 4.34. The highest BCUT2D eigenvalue weighted by molar-refractivity contribution is 5.75. The van der Waals surface area contributed by atoms with Gasteiger partial charge in [0.1, 0.15) is 6.33 Å². The Morgan fingerprint density at radius 1 is 1.14 bits per heavy atom. The van der Waals surface area contributed by atoms with Crippen molar-refractivity contribution in [2.24, 2.45) is 0 Å². The van der Waals surface area contributed by atoms with Crippen LogP contribution in [-0.4, -0.2) is 28.7 Å². The third kappa shape index (κ3) is 3.37. The van der Waals surface area contributed by atoms with Crippen molar-refractivity contribution < 1.29 is 14.4 Å². The summed E-state index contributed by atoms with van der Waals surface area (Å²) in [5, 5.41) is 14.8. The maximum absolute atomic E-state index is 11.8. The first-order valence-electron chi connectivity index (χ1n) is 8.54. The highest BCUT2D eigenvalue weighted by Crippen LogP contribution is 2.36. The predicted octanol–water partition coefficient (Wildman–Crippen LogP) is 3.49. The molecular weight excluding hydrogens is 362 g/mol. The number of benzene rings is 2. The molecule has 9 nitrogen and oxygen atoms in total. The molecule has 0 atom stereocenters. The number of ether oxygens (including phenoxy) is 2. The Kier molecular flexibility index (Phi) is 4.63. The molecule has 1 aromatic heterocycles. The van der Waals surface area contributed by atoms with Gasteiger partial charge in [-0.25, -0.2) is 9.97 Å². The first-order valence-corrected chi connectivity index (χ1v) is 8.54. The van der Waals surface area contributed by atoms with Crippen LogP contribution in [0.3, 0.4) is 0 Å². The molecule has 0 radical (unpaired) electrons. The molecule has 0 aliphatic carbocycles. The van der Waals surface area contributed by atoms with Crippen molar-refractivity contribution in [3.8, 4) is 11.5 Å². The maximum atomic E-state index is 11.8. The van der Waals surface area contributed by atoms with Crippen LogP contribution in [0.5, 0.6) is 11.5 Å². The third-order valence-corrected chi connectivity index (χ3v) is 4.34. The van der Waals surface area contributed by atoms with Gasteiger partial charge in [-0.15, -0.1) is 0 Å². The first-order chi connectivity index (χ1) is 13.6. The van der Waals surface area contributed by atoms with Crippen LogP contribution in [0.2, 0.25) is 0 Å². The lowest BCUT2D eigenvalue weighted by atomic mass is 10.2. The highest BCUT2D eigenvalue weighted by Gasteiger charge is 2.26. The number of rotatable bonds is 6. The fraction of sp³-hybridized carbons (Fsp3) is 0.158. The number of fused-ring (bicyclic) bond motifs is 1. The zero-order valence-corrected chi connectivity index (χ0v) is 15.0. The van der Waals surface area contributed by atoms with Crippen LogP contribution >= 0.6 is 0 Å². The second-order valence-corrected chi connectivity index (χ2v) is 6.09. The summed E-state index contributed by atoms with van der Waals surface area (Å²) < 4.78 is 10.7. The van der Waals surface area contributed by atoms with Gasteiger partial charge in [-0.05, 0) is 29.8 Å². The number of nitrogens with one attached hydrogen (secondary N) is 1. The van der Waals surface area contributed by atoms with Gasteiger partial charge in [0.05, 0.1) is 4.92 Å². The Hall–Kier alpha value is -3.88. The van der Waals surface area contributed by atoms with E-state index in [1.165, 1.54) is 6.33 Å². The van der Waals surface area contributed by atoms with Gasteiger partial charge in [0.2, 0.25) is 18.4 Å².